The minimum Gasteiger partial charge on any atom is -0.486 e. The molecule has 0 amide bonds. The fraction of sp³-hybridized carbons (Fsp3) is 0.625. The van der Waals surface area contributed by atoms with Gasteiger partial charge in [0.1, 0.15) is 13.2 Å². The minimum absolute atomic E-state index is 0.217. The molecule has 0 spiro atoms. The van der Waals surface area contributed by atoms with Gasteiger partial charge in [-0.2, -0.15) is 0 Å². The molecule has 5 aliphatic rings. The number of hydrogen-bond acceptors (Lipinski definition) is 4. The van der Waals surface area contributed by atoms with Gasteiger partial charge < -0.3 is 18.9 Å². The lowest BCUT2D eigenvalue weighted by molar-refractivity contribution is 0.0601. The molecule has 2 fully saturated rings. The lowest BCUT2D eigenvalue weighted by Gasteiger charge is -2.29. The van der Waals surface area contributed by atoms with Crippen LogP contribution in [0.3, 0.4) is 0 Å². The molecule has 0 radical (unpaired) electrons. The molecule has 6 rings (SSSR count). The van der Waals surface area contributed by atoms with E-state index in [4.69, 9.17) is 18.9 Å². The van der Waals surface area contributed by atoms with Crippen molar-refractivity contribution in [3.05, 3.63) is 22.3 Å². The highest BCUT2D eigenvalue weighted by Crippen LogP contribution is 2.65. The van der Waals surface area contributed by atoms with Crippen molar-refractivity contribution in [2.75, 3.05) is 13.2 Å². The van der Waals surface area contributed by atoms with E-state index in [0.29, 0.717) is 13.2 Å². The summed E-state index contributed by atoms with van der Waals surface area (Å²) in [5.41, 5.74) is 5.36. The molecule has 5 heterocycles. The molecule has 4 heteroatoms. The maximum atomic E-state index is 6.15. The Balaban J connectivity index is 1.73. The van der Waals surface area contributed by atoms with Crippen LogP contribution in [0.1, 0.15) is 72.4 Å². The molecule has 20 heavy (non-hydrogen) atoms. The van der Waals surface area contributed by atoms with Crippen molar-refractivity contribution in [2.45, 2.75) is 50.1 Å². The van der Waals surface area contributed by atoms with E-state index >= 15 is 0 Å². The zero-order valence-electron chi connectivity index (χ0n) is 11.2. The van der Waals surface area contributed by atoms with Gasteiger partial charge in [-0.25, -0.2) is 0 Å². The first kappa shape index (κ1) is 10.5. The Kier molecular flexibility index (Phi) is 1.73. The van der Waals surface area contributed by atoms with Crippen molar-refractivity contribution < 1.29 is 18.9 Å². The second-order valence-corrected chi connectivity index (χ2v) is 6.39. The normalized spacial score (nSPS) is 38.2. The molecular formula is C16H16O4. The van der Waals surface area contributed by atoms with Gasteiger partial charge in [-0.3, -0.25) is 0 Å². The van der Waals surface area contributed by atoms with E-state index in [1.807, 2.05) is 0 Å². The van der Waals surface area contributed by atoms with Crippen molar-refractivity contribution in [3.63, 3.8) is 0 Å². The molecule has 1 aromatic carbocycles. The lowest BCUT2D eigenvalue weighted by atomic mass is 9.79. The second-order valence-electron chi connectivity index (χ2n) is 6.39. The lowest BCUT2D eigenvalue weighted by Crippen LogP contribution is -2.21. The fourth-order valence-electron chi connectivity index (χ4n) is 4.81. The number of hydrogen-bond donors (Lipinski definition) is 0. The second kappa shape index (κ2) is 3.31. The van der Waals surface area contributed by atoms with Crippen molar-refractivity contribution in [1.82, 2.24) is 0 Å². The van der Waals surface area contributed by atoms with Crippen LogP contribution in [0.25, 0.3) is 0 Å². The first-order valence-corrected chi connectivity index (χ1v) is 7.72. The van der Waals surface area contributed by atoms with Gasteiger partial charge in [0.25, 0.3) is 0 Å². The third kappa shape index (κ3) is 1.02. The number of ether oxygens (including phenoxy) is 4. The van der Waals surface area contributed by atoms with E-state index < -0.39 is 0 Å². The van der Waals surface area contributed by atoms with Crippen molar-refractivity contribution >= 4 is 0 Å². The minimum atomic E-state index is 0.217. The third-order valence-corrected chi connectivity index (χ3v) is 5.47. The molecule has 5 aliphatic heterocycles. The topological polar surface area (TPSA) is 36.9 Å². The van der Waals surface area contributed by atoms with Gasteiger partial charge >= 0.3 is 0 Å². The van der Waals surface area contributed by atoms with Crippen LogP contribution in [0.4, 0.5) is 0 Å². The first-order chi connectivity index (χ1) is 9.92. The van der Waals surface area contributed by atoms with E-state index in [2.05, 4.69) is 0 Å². The Labute approximate surface area is 117 Å². The van der Waals surface area contributed by atoms with Gasteiger partial charge in [0.05, 0.1) is 24.4 Å². The van der Waals surface area contributed by atoms with Crippen LogP contribution in [-0.4, -0.2) is 13.2 Å². The summed E-state index contributed by atoms with van der Waals surface area (Å²) < 4.78 is 24.3. The zero-order chi connectivity index (χ0) is 12.8. The largest absolute Gasteiger partial charge is 0.486 e. The molecule has 0 N–H and O–H groups in total. The Morgan fingerprint density at radius 1 is 0.550 bits per heavy atom. The SMILES string of the molecule is C1COc2c(c3c(c4c2C2CCC4O2)C2CCC3O2)O1. The Morgan fingerprint density at radius 2 is 0.950 bits per heavy atom. The van der Waals surface area contributed by atoms with Crippen LogP contribution in [0, 0.1) is 0 Å². The van der Waals surface area contributed by atoms with Crippen LogP contribution >= 0.6 is 0 Å². The van der Waals surface area contributed by atoms with Gasteiger partial charge in [0, 0.05) is 11.1 Å². The Morgan fingerprint density at radius 3 is 1.40 bits per heavy atom. The average molecular weight is 272 g/mol. The molecule has 4 atom stereocenters. The maximum absolute atomic E-state index is 6.15. The van der Waals surface area contributed by atoms with E-state index in [-0.39, 0.29) is 24.4 Å². The standard InChI is InChI=1S/C16H16O4/c1-3-9-13-11(7(1)19-9)12-8-2-4-10(20-8)14(12)16-15(13)17-5-6-18-16/h7-10H,1-6H2. The van der Waals surface area contributed by atoms with Crippen molar-refractivity contribution in [1.29, 1.82) is 0 Å². The third-order valence-electron chi connectivity index (χ3n) is 5.47. The average Bonchev–Trinajstić information content (AvgIpc) is 3.26. The monoisotopic (exact) mass is 272 g/mol. The predicted molar refractivity (Wildman–Crippen MR) is 69.0 cm³/mol. The zero-order valence-corrected chi connectivity index (χ0v) is 11.2. The highest BCUT2D eigenvalue weighted by Gasteiger charge is 2.51. The van der Waals surface area contributed by atoms with Crippen LogP contribution in [0.15, 0.2) is 0 Å². The summed E-state index contributed by atoms with van der Waals surface area (Å²) in [6.45, 7) is 1.29. The van der Waals surface area contributed by atoms with Gasteiger partial charge in [-0.15, -0.1) is 0 Å². The molecule has 1 aromatic rings. The molecule has 0 aromatic heterocycles. The van der Waals surface area contributed by atoms with Crippen molar-refractivity contribution in [2.24, 2.45) is 0 Å². The molecule has 0 saturated carbocycles. The summed E-state index contributed by atoms with van der Waals surface area (Å²) in [6.07, 6.45) is 5.47. The smallest absolute Gasteiger partial charge is 0.167 e. The molecule has 4 nitrogen and oxygen atoms in total. The van der Waals surface area contributed by atoms with E-state index in [0.717, 1.165) is 37.2 Å². The highest BCUT2D eigenvalue weighted by atomic mass is 16.6. The maximum Gasteiger partial charge on any atom is 0.167 e. The van der Waals surface area contributed by atoms with Gasteiger partial charge in [0.2, 0.25) is 0 Å². The number of fused-ring (bicyclic) bond motifs is 14. The molecular weight excluding hydrogens is 256 g/mol. The van der Waals surface area contributed by atoms with Crippen LogP contribution in [0.2, 0.25) is 0 Å². The summed E-state index contributed by atoms with van der Waals surface area (Å²) in [6, 6.07) is 0. The molecule has 0 aliphatic carbocycles. The predicted octanol–water partition coefficient (Wildman–Crippen LogP) is 3.27. The van der Waals surface area contributed by atoms with Crippen LogP contribution in [-0.2, 0) is 9.47 Å². The Bertz CT molecular complexity index is 583. The number of rotatable bonds is 0. The quantitative estimate of drug-likeness (QED) is 0.726. The summed E-state index contributed by atoms with van der Waals surface area (Å²) in [5.74, 6) is 1.93. The van der Waals surface area contributed by atoms with E-state index in [9.17, 15) is 0 Å². The van der Waals surface area contributed by atoms with E-state index in [1.54, 1.807) is 0 Å². The first-order valence-electron chi connectivity index (χ1n) is 7.72. The van der Waals surface area contributed by atoms with Crippen LogP contribution in [0.5, 0.6) is 11.5 Å². The molecule has 4 unspecified atom stereocenters. The van der Waals surface area contributed by atoms with Gasteiger partial charge in [-0.1, -0.05) is 0 Å². The Hall–Kier alpha value is -1.26. The summed E-state index contributed by atoms with van der Waals surface area (Å²) >= 11 is 0. The van der Waals surface area contributed by atoms with Gasteiger partial charge in [0.15, 0.2) is 11.5 Å². The van der Waals surface area contributed by atoms with Crippen molar-refractivity contribution in [3.8, 4) is 11.5 Å². The molecule has 4 bridgehead atoms. The van der Waals surface area contributed by atoms with Crippen LogP contribution < -0.4 is 9.47 Å². The van der Waals surface area contributed by atoms with E-state index in [1.165, 1.54) is 22.3 Å². The fourth-order valence-corrected chi connectivity index (χ4v) is 4.81. The molecule has 2 saturated heterocycles. The summed E-state index contributed by atoms with van der Waals surface area (Å²) in [7, 11) is 0. The molecule has 104 valence electrons. The summed E-state index contributed by atoms with van der Waals surface area (Å²) in [4.78, 5) is 0. The summed E-state index contributed by atoms with van der Waals surface area (Å²) in [5, 5.41) is 0. The highest BCUT2D eigenvalue weighted by molar-refractivity contribution is 5.66. The number of benzene rings is 1. The van der Waals surface area contributed by atoms with Gasteiger partial charge in [-0.05, 0) is 36.8 Å².